The van der Waals surface area contributed by atoms with Gasteiger partial charge in [-0.3, -0.25) is 4.79 Å². The van der Waals surface area contributed by atoms with Crippen molar-refractivity contribution in [3.63, 3.8) is 0 Å². The molecule has 21 heavy (non-hydrogen) atoms. The maximum atomic E-state index is 12.9. The van der Waals surface area contributed by atoms with Crippen molar-refractivity contribution in [2.45, 2.75) is 20.8 Å². The minimum absolute atomic E-state index is 0.0954. The van der Waals surface area contributed by atoms with Crippen molar-refractivity contribution in [2.75, 3.05) is 0 Å². The molecule has 0 unspecified atom stereocenters. The van der Waals surface area contributed by atoms with Crippen LogP contribution in [0.1, 0.15) is 32.6 Å². The molecule has 0 saturated carbocycles. The summed E-state index contributed by atoms with van der Waals surface area (Å²) in [6.45, 7) is 6.13. The summed E-state index contributed by atoms with van der Waals surface area (Å²) in [7, 11) is 0. The number of rotatable bonds is 2. The summed E-state index contributed by atoms with van der Waals surface area (Å²) >= 11 is 0. The topological polar surface area (TPSA) is 17.1 Å². The Balaban J connectivity index is 2.20. The first-order chi connectivity index (χ1) is 10.1. The largest absolute Gasteiger partial charge is 0.289 e. The van der Waals surface area contributed by atoms with Gasteiger partial charge in [0.2, 0.25) is 0 Å². The van der Waals surface area contributed by atoms with Crippen molar-refractivity contribution >= 4 is 16.6 Å². The summed E-state index contributed by atoms with van der Waals surface area (Å²) in [5.41, 5.74) is 4.98. The summed E-state index contributed by atoms with van der Waals surface area (Å²) < 4.78 is 0. The highest BCUT2D eigenvalue weighted by atomic mass is 16.1. The average Bonchev–Trinajstić information content (AvgIpc) is 2.46. The number of carbonyl (C=O) groups excluding carboxylic acids is 1. The van der Waals surface area contributed by atoms with Gasteiger partial charge in [-0.25, -0.2) is 0 Å². The van der Waals surface area contributed by atoms with Crippen LogP contribution >= 0.6 is 0 Å². The van der Waals surface area contributed by atoms with Crippen molar-refractivity contribution in [1.29, 1.82) is 0 Å². The molecule has 0 N–H and O–H groups in total. The quantitative estimate of drug-likeness (QED) is 0.601. The number of aryl methyl sites for hydroxylation is 3. The molecule has 3 aromatic carbocycles. The monoisotopic (exact) mass is 274 g/mol. The molecule has 0 heterocycles. The first-order valence-corrected chi connectivity index (χ1v) is 7.17. The van der Waals surface area contributed by atoms with Crippen LogP contribution in [0.4, 0.5) is 0 Å². The Morgan fingerprint density at radius 3 is 2.05 bits per heavy atom. The first-order valence-electron chi connectivity index (χ1n) is 7.17. The molecule has 0 aliphatic carbocycles. The summed E-state index contributed by atoms with van der Waals surface area (Å²) in [5.74, 6) is 0.0954. The van der Waals surface area contributed by atoms with Crippen LogP contribution in [0.25, 0.3) is 10.8 Å². The smallest absolute Gasteiger partial charge is 0.193 e. The predicted molar refractivity (Wildman–Crippen MR) is 88.0 cm³/mol. The van der Waals surface area contributed by atoms with Gasteiger partial charge in [0.25, 0.3) is 0 Å². The lowest BCUT2D eigenvalue weighted by molar-refractivity contribution is 0.104. The number of hydrogen-bond acceptors (Lipinski definition) is 1. The van der Waals surface area contributed by atoms with Gasteiger partial charge in [0.15, 0.2) is 5.78 Å². The third kappa shape index (κ3) is 2.47. The van der Waals surface area contributed by atoms with Crippen molar-refractivity contribution < 1.29 is 4.79 Å². The third-order valence-corrected chi connectivity index (χ3v) is 3.87. The van der Waals surface area contributed by atoms with Gasteiger partial charge in [-0.1, -0.05) is 53.6 Å². The molecule has 0 aromatic heterocycles. The number of hydrogen-bond donors (Lipinski definition) is 0. The highest BCUT2D eigenvalue weighted by Gasteiger charge is 2.13. The summed E-state index contributed by atoms with van der Waals surface area (Å²) in [4.78, 5) is 12.9. The zero-order chi connectivity index (χ0) is 15.0. The Bertz CT molecular complexity index is 823. The van der Waals surface area contributed by atoms with E-state index in [1.54, 1.807) is 0 Å². The van der Waals surface area contributed by atoms with E-state index in [0.29, 0.717) is 0 Å². The maximum absolute atomic E-state index is 12.9. The van der Waals surface area contributed by atoms with Crippen LogP contribution in [-0.2, 0) is 0 Å². The second kappa shape index (κ2) is 5.17. The SMILES string of the molecule is Cc1cc(C)cc(C(=O)c2ccc(C)c3ccccc23)c1. The number of benzene rings is 3. The van der Waals surface area contributed by atoms with Gasteiger partial charge >= 0.3 is 0 Å². The van der Waals surface area contributed by atoms with E-state index in [9.17, 15) is 4.79 Å². The van der Waals surface area contributed by atoms with E-state index in [2.05, 4.69) is 19.1 Å². The molecule has 0 atom stereocenters. The van der Waals surface area contributed by atoms with E-state index in [0.717, 1.165) is 33.0 Å². The van der Waals surface area contributed by atoms with Crippen molar-refractivity contribution in [2.24, 2.45) is 0 Å². The van der Waals surface area contributed by atoms with Gasteiger partial charge < -0.3 is 0 Å². The lowest BCUT2D eigenvalue weighted by Gasteiger charge is -2.09. The molecule has 0 radical (unpaired) electrons. The average molecular weight is 274 g/mol. The Morgan fingerprint density at radius 1 is 0.762 bits per heavy atom. The maximum Gasteiger partial charge on any atom is 0.193 e. The van der Waals surface area contributed by atoms with E-state index >= 15 is 0 Å². The zero-order valence-corrected chi connectivity index (χ0v) is 12.6. The molecule has 0 saturated heterocycles. The summed E-state index contributed by atoms with van der Waals surface area (Å²) in [5, 5.41) is 2.18. The molecule has 0 spiro atoms. The Hall–Kier alpha value is -2.41. The van der Waals surface area contributed by atoms with Crippen LogP contribution in [0.2, 0.25) is 0 Å². The number of carbonyl (C=O) groups is 1. The van der Waals surface area contributed by atoms with Crippen LogP contribution in [-0.4, -0.2) is 5.78 Å². The lowest BCUT2D eigenvalue weighted by atomic mass is 9.93. The first kappa shape index (κ1) is 13.6. The highest BCUT2D eigenvalue weighted by Crippen LogP contribution is 2.25. The van der Waals surface area contributed by atoms with Gasteiger partial charge in [-0.15, -0.1) is 0 Å². The van der Waals surface area contributed by atoms with Gasteiger partial charge in [-0.05, 0) is 49.2 Å². The van der Waals surface area contributed by atoms with Crippen molar-refractivity contribution in [3.05, 3.63) is 82.4 Å². The lowest BCUT2D eigenvalue weighted by Crippen LogP contribution is -2.03. The number of fused-ring (bicyclic) bond motifs is 1. The molecule has 104 valence electrons. The normalized spacial score (nSPS) is 10.8. The van der Waals surface area contributed by atoms with Crippen molar-refractivity contribution in [1.82, 2.24) is 0 Å². The Kier molecular flexibility index (Phi) is 3.34. The van der Waals surface area contributed by atoms with Gasteiger partial charge in [0.1, 0.15) is 0 Å². The molecule has 3 rings (SSSR count). The van der Waals surface area contributed by atoms with Gasteiger partial charge in [0.05, 0.1) is 0 Å². The molecular formula is C20H18O. The molecule has 0 aliphatic heterocycles. The Morgan fingerprint density at radius 2 is 1.38 bits per heavy atom. The summed E-state index contributed by atoms with van der Waals surface area (Å²) in [6, 6.07) is 18.1. The molecule has 0 bridgehead atoms. The molecular weight excluding hydrogens is 256 g/mol. The van der Waals surface area contributed by atoms with E-state index in [1.807, 2.05) is 56.3 Å². The fourth-order valence-electron chi connectivity index (χ4n) is 2.91. The highest BCUT2D eigenvalue weighted by molar-refractivity contribution is 6.16. The zero-order valence-electron chi connectivity index (χ0n) is 12.6. The fourth-order valence-corrected chi connectivity index (χ4v) is 2.91. The second-order valence-corrected chi connectivity index (χ2v) is 5.68. The second-order valence-electron chi connectivity index (χ2n) is 5.68. The molecule has 3 aromatic rings. The molecule has 1 nitrogen and oxygen atoms in total. The molecule has 0 fully saturated rings. The van der Waals surface area contributed by atoms with E-state index in [-0.39, 0.29) is 5.78 Å². The van der Waals surface area contributed by atoms with Crippen LogP contribution in [0.15, 0.2) is 54.6 Å². The van der Waals surface area contributed by atoms with Gasteiger partial charge in [0, 0.05) is 11.1 Å². The predicted octanol–water partition coefficient (Wildman–Crippen LogP) is 5.00. The van der Waals surface area contributed by atoms with Crippen molar-refractivity contribution in [3.8, 4) is 0 Å². The van der Waals surface area contributed by atoms with Crippen LogP contribution in [0, 0.1) is 20.8 Å². The van der Waals surface area contributed by atoms with Crippen LogP contribution in [0.5, 0.6) is 0 Å². The molecule has 0 amide bonds. The molecule has 0 aliphatic rings. The minimum Gasteiger partial charge on any atom is -0.289 e. The van der Waals surface area contributed by atoms with E-state index in [1.165, 1.54) is 5.56 Å². The van der Waals surface area contributed by atoms with E-state index in [4.69, 9.17) is 0 Å². The van der Waals surface area contributed by atoms with E-state index < -0.39 is 0 Å². The third-order valence-electron chi connectivity index (χ3n) is 3.87. The standard InChI is InChI=1S/C20H18O/c1-13-10-14(2)12-16(11-13)20(21)19-9-8-15(3)17-6-4-5-7-18(17)19/h4-12H,1-3H3. The number of ketones is 1. The summed E-state index contributed by atoms with van der Waals surface area (Å²) in [6.07, 6.45) is 0. The Labute approximate surface area is 125 Å². The van der Waals surface area contributed by atoms with Gasteiger partial charge in [-0.2, -0.15) is 0 Å². The fraction of sp³-hybridized carbons (Fsp3) is 0.150. The van der Waals surface area contributed by atoms with Crippen LogP contribution in [0.3, 0.4) is 0 Å². The van der Waals surface area contributed by atoms with Crippen LogP contribution < -0.4 is 0 Å². The minimum atomic E-state index is 0.0954. The molecule has 1 heteroatoms.